The number of carbonyl (C=O) groups is 1. The number of aromatic carboxylic acids is 1. The van der Waals surface area contributed by atoms with E-state index in [2.05, 4.69) is 15.3 Å². The van der Waals surface area contributed by atoms with Crippen LogP contribution in [0.4, 0.5) is 5.13 Å². The van der Waals surface area contributed by atoms with Crippen LogP contribution < -0.4 is 5.32 Å². The van der Waals surface area contributed by atoms with Gasteiger partial charge in [-0.1, -0.05) is 11.3 Å². The van der Waals surface area contributed by atoms with Gasteiger partial charge in [0.2, 0.25) is 0 Å². The van der Waals surface area contributed by atoms with Gasteiger partial charge in [0.05, 0.1) is 16.9 Å². The first kappa shape index (κ1) is 12.0. The van der Waals surface area contributed by atoms with Crippen LogP contribution in [0.2, 0.25) is 0 Å². The average Bonchev–Trinajstić information content (AvgIpc) is 2.88. The Morgan fingerprint density at radius 3 is 3.00 bits per heavy atom. The van der Waals surface area contributed by atoms with Crippen molar-refractivity contribution in [2.45, 2.75) is 13.3 Å². The van der Waals surface area contributed by atoms with Gasteiger partial charge in [0.15, 0.2) is 5.13 Å². The maximum atomic E-state index is 10.8. The summed E-state index contributed by atoms with van der Waals surface area (Å²) in [6, 6.07) is 0. The molecule has 0 amide bonds. The minimum Gasteiger partial charge on any atom is -0.477 e. The lowest BCUT2D eigenvalue weighted by Gasteiger charge is -1.99. The molecule has 2 aromatic rings. The third kappa shape index (κ3) is 3.01. The van der Waals surface area contributed by atoms with Crippen LogP contribution in [0.15, 0.2) is 10.9 Å². The van der Waals surface area contributed by atoms with Crippen molar-refractivity contribution in [2.75, 3.05) is 11.9 Å². The van der Waals surface area contributed by atoms with Crippen molar-refractivity contribution in [3.63, 3.8) is 0 Å². The van der Waals surface area contributed by atoms with Crippen LogP contribution in [-0.2, 0) is 6.42 Å². The molecule has 0 bridgehead atoms. The quantitative estimate of drug-likeness (QED) is 0.870. The second-order valence-electron chi connectivity index (χ2n) is 3.40. The Kier molecular flexibility index (Phi) is 3.70. The molecule has 0 saturated carbocycles. The molecule has 0 spiro atoms. The topological polar surface area (TPSA) is 75.1 Å². The van der Waals surface area contributed by atoms with E-state index in [0.717, 1.165) is 12.1 Å². The molecule has 2 rings (SSSR count). The van der Waals surface area contributed by atoms with E-state index >= 15 is 0 Å². The zero-order valence-corrected chi connectivity index (χ0v) is 10.8. The zero-order valence-electron chi connectivity index (χ0n) is 9.14. The number of carboxylic acid groups (broad SMARTS) is 1. The molecule has 5 nitrogen and oxygen atoms in total. The predicted molar refractivity (Wildman–Crippen MR) is 68.1 cm³/mol. The summed E-state index contributed by atoms with van der Waals surface area (Å²) in [7, 11) is 0. The number of aryl methyl sites for hydroxylation is 1. The van der Waals surface area contributed by atoms with Crippen LogP contribution in [0, 0.1) is 6.92 Å². The lowest BCUT2D eigenvalue weighted by Crippen LogP contribution is -2.04. The van der Waals surface area contributed by atoms with Crippen LogP contribution >= 0.6 is 22.7 Å². The second kappa shape index (κ2) is 5.24. The SMILES string of the molecule is Cc1nc(NCCc2cscn2)sc1C(=O)O. The van der Waals surface area contributed by atoms with Crippen LogP contribution in [0.5, 0.6) is 0 Å². The lowest BCUT2D eigenvalue weighted by atomic mass is 10.3. The Hall–Kier alpha value is -1.47. The molecular weight excluding hydrogens is 258 g/mol. The third-order valence-corrected chi connectivity index (χ3v) is 3.87. The van der Waals surface area contributed by atoms with Gasteiger partial charge >= 0.3 is 5.97 Å². The number of hydrogen-bond acceptors (Lipinski definition) is 6. The van der Waals surface area contributed by atoms with Crippen LogP contribution in [0.1, 0.15) is 21.1 Å². The molecule has 0 atom stereocenters. The lowest BCUT2D eigenvalue weighted by molar-refractivity contribution is 0.0701. The standard InChI is InChI=1S/C10H11N3O2S2/c1-6-8(9(14)15)17-10(13-6)11-3-2-7-4-16-5-12-7/h4-5H,2-3H2,1H3,(H,11,13)(H,14,15). The largest absolute Gasteiger partial charge is 0.477 e. The van der Waals surface area contributed by atoms with Gasteiger partial charge in [-0.2, -0.15) is 0 Å². The van der Waals surface area contributed by atoms with Gasteiger partial charge in [-0.25, -0.2) is 14.8 Å². The Labute approximate surface area is 106 Å². The summed E-state index contributed by atoms with van der Waals surface area (Å²) in [6.07, 6.45) is 0.810. The van der Waals surface area contributed by atoms with Crippen molar-refractivity contribution in [1.82, 2.24) is 9.97 Å². The summed E-state index contributed by atoms with van der Waals surface area (Å²) in [5, 5.41) is 14.6. The van der Waals surface area contributed by atoms with Gasteiger partial charge in [0.1, 0.15) is 4.88 Å². The minimum atomic E-state index is -0.924. The van der Waals surface area contributed by atoms with Gasteiger partial charge in [-0.3, -0.25) is 0 Å². The predicted octanol–water partition coefficient (Wildman–Crippen LogP) is 2.26. The van der Waals surface area contributed by atoms with E-state index < -0.39 is 5.97 Å². The van der Waals surface area contributed by atoms with Crippen LogP contribution in [0.3, 0.4) is 0 Å². The molecule has 0 fully saturated rings. The van der Waals surface area contributed by atoms with Gasteiger partial charge in [-0.15, -0.1) is 11.3 Å². The van der Waals surface area contributed by atoms with Crippen molar-refractivity contribution in [1.29, 1.82) is 0 Å². The van der Waals surface area contributed by atoms with Crippen molar-refractivity contribution in [3.05, 3.63) is 27.2 Å². The summed E-state index contributed by atoms with van der Waals surface area (Å²) < 4.78 is 0. The molecule has 0 aliphatic rings. The van der Waals surface area contributed by atoms with E-state index in [1.165, 1.54) is 11.3 Å². The normalized spacial score (nSPS) is 10.4. The van der Waals surface area contributed by atoms with Crippen LogP contribution in [-0.4, -0.2) is 27.6 Å². The Morgan fingerprint density at radius 2 is 2.41 bits per heavy atom. The van der Waals surface area contributed by atoms with E-state index in [-0.39, 0.29) is 0 Å². The van der Waals surface area contributed by atoms with E-state index in [9.17, 15) is 4.79 Å². The number of hydrogen-bond donors (Lipinski definition) is 2. The highest BCUT2D eigenvalue weighted by Gasteiger charge is 2.13. The maximum absolute atomic E-state index is 10.8. The summed E-state index contributed by atoms with van der Waals surface area (Å²) in [5.41, 5.74) is 3.39. The molecule has 2 aromatic heterocycles. The van der Waals surface area contributed by atoms with Crippen molar-refractivity contribution < 1.29 is 9.90 Å². The Balaban J connectivity index is 1.91. The van der Waals surface area contributed by atoms with E-state index in [1.54, 1.807) is 23.8 Å². The molecule has 7 heteroatoms. The molecule has 90 valence electrons. The fourth-order valence-electron chi connectivity index (χ4n) is 1.33. The van der Waals surface area contributed by atoms with Gasteiger partial charge in [0.25, 0.3) is 0 Å². The van der Waals surface area contributed by atoms with Crippen molar-refractivity contribution >= 4 is 33.8 Å². The number of anilines is 1. The summed E-state index contributed by atoms with van der Waals surface area (Å²) in [6.45, 7) is 2.40. The third-order valence-electron chi connectivity index (χ3n) is 2.13. The number of nitrogens with one attached hydrogen (secondary N) is 1. The van der Waals surface area contributed by atoms with Crippen LogP contribution in [0.25, 0.3) is 0 Å². The first-order valence-electron chi connectivity index (χ1n) is 4.98. The molecule has 0 aliphatic heterocycles. The Bertz CT molecular complexity index is 508. The second-order valence-corrected chi connectivity index (χ2v) is 5.11. The molecule has 2 N–H and O–H groups in total. The van der Waals surface area contributed by atoms with Gasteiger partial charge in [-0.05, 0) is 6.92 Å². The molecule has 0 unspecified atom stereocenters. The highest BCUT2D eigenvalue weighted by molar-refractivity contribution is 7.17. The fraction of sp³-hybridized carbons (Fsp3) is 0.300. The smallest absolute Gasteiger partial charge is 0.347 e. The summed E-state index contributed by atoms with van der Waals surface area (Å²) in [5.74, 6) is -0.924. The molecule has 0 saturated heterocycles. The molecule has 2 heterocycles. The zero-order chi connectivity index (χ0) is 12.3. The highest BCUT2D eigenvalue weighted by atomic mass is 32.1. The first-order chi connectivity index (χ1) is 8.16. The number of thiazole rings is 2. The number of rotatable bonds is 5. The van der Waals surface area contributed by atoms with E-state index in [0.29, 0.717) is 22.2 Å². The van der Waals surface area contributed by atoms with Gasteiger partial charge in [0, 0.05) is 18.3 Å². The number of aromatic nitrogens is 2. The minimum absolute atomic E-state index is 0.293. The molecule has 0 aromatic carbocycles. The molecule has 0 aliphatic carbocycles. The summed E-state index contributed by atoms with van der Waals surface area (Å²) >= 11 is 2.73. The maximum Gasteiger partial charge on any atom is 0.347 e. The van der Waals surface area contributed by atoms with Gasteiger partial charge < -0.3 is 10.4 Å². The first-order valence-corrected chi connectivity index (χ1v) is 6.74. The number of nitrogens with zero attached hydrogens (tertiary/aromatic N) is 2. The summed E-state index contributed by atoms with van der Waals surface area (Å²) in [4.78, 5) is 19.4. The van der Waals surface area contributed by atoms with E-state index in [1.807, 2.05) is 5.38 Å². The molecule has 17 heavy (non-hydrogen) atoms. The molecule has 0 radical (unpaired) electrons. The van der Waals surface area contributed by atoms with Crippen molar-refractivity contribution in [3.8, 4) is 0 Å². The fourth-order valence-corrected chi connectivity index (χ4v) is 2.75. The highest BCUT2D eigenvalue weighted by Crippen LogP contribution is 2.22. The molecular formula is C10H11N3O2S2. The van der Waals surface area contributed by atoms with E-state index in [4.69, 9.17) is 5.11 Å². The number of carboxylic acids is 1. The van der Waals surface area contributed by atoms with Crippen molar-refractivity contribution in [2.24, 2.45) is 0 Å². The Morgan fingerprint density at radius 1 is 1.59 bits per heavy atom. The average molecular weight is 269 g/mol. The monoisotopic (exact) mass is 269 g/mol.